The summed E-state index contributed by atoms with van der Waals surface area (Å²) < 4.78 is 6.99. The van der Waals surface area contributed by atoms with Crippen LogP contribution in [0.2, 0.25) is 0 Å². The molecule has 0 unspecified atom stereocenters. The molecule has 2 rings (SSSR count). The van der Waals surface area contributed by atoms with Crippen LogP contribution in [-0.4, -0.2) is 22.1 Å². The Balaban J connectivity index is 1.96. The van der Waals surface area contributed by atoms with E-state index in [2.05, 4.69) is 21.7 Å². The lowest BCUT2D eigenvalue weighted by atomic mass is 10.2. The summed E-state index contributed by atoms with van der Waals surface area (Å²) in [6.45, 7) is 3.02. The van der Waals surface area contributed by atoms with Gasteiger partial charge in [-0.2, -0.15) is 0 Å². The topological polar surface area (TPSA) is 44.1 Å². The normalized spacial score (nSPS) is 10.4. The minimum Gasteiger partial charge on any atom is -0.466 e. The third-order valence-corrected chi connectivity index (χ3v) is 2.86. The van der Waals surface area contributed by atoms with Gasteiger partial charge in [-0.15, -0.1) is 0 Å². The van der Waals surface area contributed by atoms with E-state index in [1.807, 2.05) is 31.3 Å². The van der Waals surface area contributed by atoms with Gasteiger partial charge >= 0.3 is 5.97 Å². The summed E-state index contributed by atoms with van der Waals surface area (Å²) in [5, 5.41) is 0. The summed E-state index contributed by atoms with van der Waals surface area (Å²) in [6.07, 6.45) is 4.69. The predicted molar refractivity (Wildman–Crippen MR) is 72.7 cm³/mol. The third kappa shape index (κ3) is 3.95. The van der Waals surface area contributed by atoms with Crippen LogP contribution in [0.3, 0.4) is 0 Å². The SMILES string of the molecule is CCOC(=O)CCc1nccn1Cc1ccccc1. The molecule has 0 aliphatic heterocycles. The second-order valence-electron chi connectivity index (χ2n) is 4.26. The highest BCUT2D eigenvalue weighted by atomic mass is 16.5. The maximum Gasteiger partial charge on any atom is 0.306 e. The number of benzene rings is 1. The van der Waals surface area contributed by atoms with Gasteiger partial charge in [-0.3, -0.25) is 4.79 Å². The van der Waals surface area contributed by atoms with E-state index >= 15 is 0 Å². The third-order valence-electron chi connectivity index (χ3n) is 2.86. The Kier molecular flexibility index (Phi) is 4.72. The summed E-state index contributed by atoms with van der Waals surface area (Å²) in [5.74, 6) is 0.744. The summed E-state index contributed by atoms with van der Waals surface area (Å²) >= 11 is 0. The van der Waals surface area contributed by atoms with Crippen molar-refractivity contribution < 1.29 is 9.53 Å². The molecule has 0 atom stereocenters. The fourth-order valence-corrected chi connectivity index (χ4v) is 1.94. The molecule has 2 aromatic rings. The van der Waals surface area contributed by atoms with Crippen LogP contribution in [0.25, 0.3) is 0 Å². The van der Waals surface area contributed by atoms with Crippen molar-refractivity contribution in [3.05, 3.63) is 54.1 Å². The average Bonchev–Trinajstić information content (AvgIpc) is 2.85. The van der Waals surface area contributed by atoms with Crippen molar-refractivity contribution in [2.45, 2.75) is 26.3 Å². The van der Waals surface area contributed by atoms with Gasteiger partial charge in [-0.1, -0.05) is 30.3 Å². The molecule has 0 bridgehead atoms. The molecule has 0 aliphatic carbocycles. The lowest BCUT2D eigenvalue weighted by Crippen LogP contribution is -2.09. The van der Waals surface area contributed by atoms with Gasteiger partial charge in [0, 0.05) is 25.4 Å². The number of ether oxygens (including phenoxy) is 1. The van der Waals surface area contributed by atoms with Gasteiger partial charge in [0.25, 0.3) is 0 Å². The van der Waals surface area contributed by atoms with Crippen LogP contribution in [-0.2, 0) is 22.5 Å². The number of hydrogen-bond acceptors (Lipinski definition) is 3. The molecule has 0 spiro atoms. The summed E-state index contributed by atoms with van der Waals surface area (Å²) in [4.78, 5) is 15.6. The first-order chi connectivity index (χ1) is 9.29. The number of aromatic nitrogens is 2. The van der Waals surface area contributed by atoms with Gasteiger partial charge in [-0.05, 0) is 12.5 Å². The number of esters is 1. The Morgan fingerprint density at radius 3 is 2.84 bits per heavy atom. The van der Waals surface area contributed by atoms with Crippen molar-refractivity contribution >= 4 is 5.97 Å². The van der Waals surface area contributed by atoms with E-state index in [4.69, 9.17) is 4.74 Å². The lowest BCUT2D eigenvalue weighted by molar-refractivity contribution is -0.143. The number of rotatable bonds is 6. The Morgan fingerprint density at radius 1 is 1.32 bits per heavy atom. The molecule has 0 saturated heterocycles. The van der Waals surface area contributed by atoms with E-state index in [0.29, 0.717) is 19.4 Å². The summed E-state index contributed by atoms with van der Waals surface area (Å²) in [7, 11) is 0. The standard InChI is InChI=1S/C15H18N2O2/c1-2-19-15(18)9-8-14-16-10-11-17(14)12-13-6-4-3-5-7-13/h3-7,10-11H,2,8-9,12H2,1H3. The van der Waals surface area contributed by atoms with Crippen LogP contribution in [0.5, 0.6) is 0 Å². The van der Waals surface area contributed by atoms with E-state index in [-0.39, 0.29) is 5.97 Å². The molecular weight excluding hydrogens is 240 g/mol. The highest BCUT2D eigenvalue weighted by Gasteiger charge is 2.07. The highest BCUT2D eigenvalue weighted by Crippen LogP contribution is 2.07. The Labute approximate surface area is 113 Å². The number of aryl methyl sites for hydroxylation is 1. The molecule has 0 radical (unpaired) electrons. The zero-order valence-electron chi connectivity index (χ0n) is 11.1. The van der Waals surface area contributed by atoms with Gasteiger partial charge in [0.1, 0.15) is 5.82 Å². The average molecular weight is 258 g/mol. The Morgan fingerprint density at radius 2 is 2.11 bits per heavy atom. The lowest BCUT2D eigenvalue weighted by Gasteiger charge is -2.07. The van der Waals surface area contributed by atoms with Gasteiger partial charge in [0.15, 0.2) is 0 Å². The van der Waals surface area contributed by atoms with Crippen LogP contribution in [0.15, 0.2) is 42.7 Å². The van der Waals surface area contributed by atoms with Crippen molar-refractivity contribution in [3.8, 4) is 0 Å². The van der Waals surface area contributed by atoms with Gasteiger partial charge in [0.05, 0.1) is 13.0 Å². The first-order valence-corrected chi connectivity index (χ1v) is 6.49. The Hall–Kier alpha value is -2.10. The Bertz CT molecular complexity index is 520. The second-order valence-corrected chi connectivity index (χ2v) is 4.26. The fraction of sp³-hybridized carbons (Fsp3) is 0.333. The molecule has 0 saturated carbocycles. The largest absolute Gasteiger partial charge is 0.466 e. The van der Waals surface area contributed by atoms with E-state index < -0.39 is 0 Å². The molecule has 0 N–H and O–H groups in total. The zero-order chi connectivity index (χ0) is 13.5. The maximum absolute atomic E-state index is 11.3. The first-order valence-electron chi connectivity index (χ1n) is 6.49. The van der Waals surface area contributed by atoms with Crippen LogP contribution in [0, 0.1) is 0 Å². The second kappa shape index (κ2) is 6.73. The smallest absolute Gasteiger partial charge is 0.306 e. The van der Waals surface area contributed by atoms with Crippen LogP contribution in [0.4, 0.5) is 0 Å². The molecule has 1 heterocycles. The monoisotopic (exact) mass is 258 g/mol. The van der Waals surface area contributed by atoms with E-state index in [0.717, 1.165) is 12.4 Å². The molecule has 100 valence electrons. The van der Waals surface area contributed by atoms with Crippen molar-refractivity contribution in [1.29, 1.82) is 0 Å². The molecule has 0 aliphatic rings. The number of carbonyl (C=O) groups excluding carboxylic acids is 1. The number of carbonyl (C=O) groups is 1. The summed E-state index contributed by atoms with van der Waals surface area (Å²) in [6, 6.07) is 10.2. The van der Waals surface area contributed by atoms with Crippen molar-refractivity contribution in [2.75, 3.05) is 6.61 Å². The minimum atomic E-state index is -0.170. The van der Waals surface area contributed by atoms with Gasteiger partial charge in [0.2, 0.25) is 0 Å². The fourth-order valence-electron chi connectivity index (χ4n) is 1.94. The number of hydrogen-bond donors (Lipinski definition) is 0. The first kappa shape index (κ1) is 13.3. The van der Waals surface area contributed by atoms with Crippen LogP contribution < -0.4 is 0 Å². The molecular formula is C15H18N2O2. The molecule has 4 nitrogen and oxygen atoms in total. The van der Waals surface area contributed by atoms with Crippen LogP contribution >= 0.6 is 0 Å². The maximum atomic E-state index is 11.3. The predicted octanol–water partition coefficient (Wildman–Crippen LogP) is 2.43. The molecule has 1 aromatic heterocycles. The van der Waals surface area contributed by atoms with Crippen molar-refractivity contribution in [2.24, 2.45) is 0 Å². The van der Waals surface area contributed by atoms with Crippen LogP contribution in [0.1, 0.15) is 24.7 Å². The number of imidazole rings is 1. The van der Waals surface area contributed by atoms with Gasteiger partial charge < -0.3 is 9.30 Å². The quantitative estimate of drug-likeness (QED) is 0.747. The molecule has 0 amide bonds. The molecule has 4 heteroatoms. The molecule has 0 fully saturated rings. The zero-order valence-corrected chi connectivity index (χ0v) is 11.1. The minimum absolute atomic E-state index is 0.170. The summed E-state index contributed by atoms with van der Waals surface area (Å²) in [5.41, 5.74) is 1.22. The van der Waals surface area contributed by atoms with Gasteiger partial charge in [-0.25, -0.2) is 4.98 Å². The molecule has 1 aromatic carbocycles. The van der Waals surface area contributed by atoms with Crippen molar-refractivity contribution in [1.82, 2.24) is 9.55 Å². The molecule has 19 heavy (non-hydrogen) atoms. The van der Waals surface area contributed by atoms with Crippen molar-refractivity contribution in [3.63, 3.8) is 0 Å². The van der Waals surface area contributed by atoms with E-state index in [1.165, 1.54) is 5.56 Å². The number of nitrogens with zero attached hydrogens (tertiary/aromatic N) is 2. The van der Waals surface area contributed by atoms with E-state index in [9.17, 15) is 4.79 Å². The highest BCUT2D eigenvalue weighted by molar-refractivity contribution is 5.69. The van der Waals surface area contributed by atoms with E-state index in [1.54, 1.807) is 6.20 Å².